The molecule has 0 amide bonds. The van der Waals surface area contributed by atoms with E-state index in [9.17, 15) is 0 Å². The molecule has 0 aromatic carbocycles. The molecule has 3 N–H and O–H groups in total. The SMILES string of the molecule is Cc1cccnc1CN=C(N)NCCc1cccs1.I. The molecule has 20 heavy (non-hydrogen) atoms. The number of thiophene rings is 1. The van der Waals surface area contributed by atoms with Crippen LogP contribution in [0.15, 0.2) is 40.8 Å². The minimum atomic E-state index is 0. The van der Waals surface area contributed by atoms with Gasteiger partial charge in [-0.3, -0.25) is 4.98 Å². The van der Waals surface area contributed by atoms with E-state index < -0.39 is 0 Å². The number of aliphatic imine (C=N–C) groups is 1. The number of aryl methyl sites for hydroxylation is 1. The minimum absolute atomic E-state index is 0. The van der Waals surface area contributed by atoms with E-state index in [-0.39, 0.29) is 24.0 Å². The molecule has 4 nitrogen and oxygen atoms in total. The molecule has 0 aliphatic rings. The second-order valence-corrected chi connectivity index (χ2v) is 5.26. The van der Waals surface area contributed by atoms with Gasteiger partial charge in [0, 0.05) is 17.6 Å². The van der Waals surface area contributed by atoms with Gasteiger partial charge < -0.3 is 11.1 Å². The summed E-state index contributed by atoms with van der Waals surface area (Å²) in [6, 6.07) is 8.13. The van der Waals surface area contributed by atoms with Crippen molar-refractivity contribution in [2.24, 2.45) is 10.7 Å². The highest BCUT2D eigenvalue weighted by Crippen LogP contribution is 2.08. The molecule has 0 aliphatic carbocycles. The largest absolute Gasteiger partial charge is 0.370 e. The van der Waals surface area contributed by atoms with E-state index >= 15 is 0 Å². The van der Waals surface area contributed by atoms with E-state index in [1.165, 1.54) is 4.88 Å². The Morgan fingerprint density at radius 2 is 2.25 bits per heavy atom. The van der Waals surface area contributed by atoms with Crippen LogP contribution in [-0.4, -0.2) is 17.5 Å². The number of nitrogens with zero attached hydrogens (tertiary/aromatic N) is 2. The van der Waals surface area contributed by atoms with Crippen LogP contribution >= 0.6 is 35.3 Å². The number of hydrogen-bond acceptors (Lipinski definition) is 3. The number of nitrogens with two attached hydrogens (primary N) is 1. The van der Waals surface area contributed by atoms with Crippen LogP contribution in [0.1, 0.15) is 16.1 Å². The van der Waals surface area contributed by atoms with Crippen LogP contribution in [0.2, 0.25) is 0 Å². The fourth-order valence-corrected chi connectivity index (χ4v) is 2.38. The fraction of sp³-hybridized carbons (Fsp3) is 0.286. The maximum Gasteiger partial charge on any atom is 0.188 e. The average Bonchev–Trinajstić information content (AvgIpc) is 2.91. The molecule has 0 bridgehead atoms. The van der Waals surface area contributed by atoms with E-state index in [4.69, 9.17) is 5.73 Å². The van der Waals surface area contributed by atoms with Gasteiger partial charge in [-0.2, -0.15) is 0 Å². The van der Waals surface area contributed by atoms with Crippen molar-refractivity contribution in [2.75, 3.05) is 6.54 Å². The van der Waals surface area contributed by atoms with Crippen molar-refractivity contribution in [1.29, 1.82) is 0 Å². The second-order valence-electron chi connectivity index (χ2n) is 4.22. The molecule has 0 atom stereocenters. The third kappa shape index (κ3) is 5.46. The molecule has 0 saturated heterocycles. The van der Waals surface area contributed by atoms with Gasteiger partial charge in [-0.05, 0) is 36.4 Å². The zero-order chi connectivity index (χ0) is 13.5. The second kappa shape index (κ2) is 8.91. The van der Waals surface area contributed by atoms with E-state index in [1.54, 1.807) is 17.5 Å². The quantitative estimate of drug-likeness (QED) is 0.459. The summed E-state index contributed by atoms with van der Waals surface area (Å²) in [7, 11) is 0. The molecule has 108 valence electrons. The molecule has 0 unspecified atom stereocenters. The number of aromatic nitrogens is 1. The number of nitrogens with one attached hydrogen (secondary N) is 1. The van der Waals surface area contributed by atoms with Gasteiger partial charge in [0.1, 0.15) is 0 Å². The lowest BCUT2D eigenvalue weighted by atomic mass is 10.2. The monoisotopic (exact) mass is 402 g/mol. The van der Waals surface area contributed by atoms with Gasteiger partial charge in [-0.1, -0.05) is 12.1 Å². The van der Waals surface area contributed by atoms with Crippen LogP contribution in [-0.2, 0) is 13.0 Å². The summed E-state index contributed by atoms with van der Waals surface area (Å²) in [5.74, 6) is 0.474. The summed E-state index contributed by atoms with van der Waals surface area (Å²) < 4.78 is 0. The van der Waals surface area contributed by atoms with Crippen LogP contribution in [0.25, 0.3) is 0 Å². The maximum atomic E-state index is 5.83. The Balaban J connectivity index is 0.00000200. The molecule has 2 aromatic rings. The van der Waals surface area contributed by atoms with Gasteiger partial charge in [0.2, 0.25) is 0 Å². The van der Waals surface area contributed by atoms with Gasteiger partial charge in [-0.15, -0.1) is 35.3 Å². The van der Waals surface area contributed by atoms with Crippen LogP contribution < -0.4 is 11.1 Å². The standard InChI is InChI=1S/C14H18N4S.HI/c1-11-4-2-7-16-13(11)10-18-14(15)17-8-6-12-5-3-9-19-12;/h2-5,7,9H,6,8,10H2,1H3,(H3,15,17,18);1H. The van der Waals surface area contributed by atoms with Crippen molar-refractivity contribution in [1.82, 2.24) is 10.3 Å². The van der Waals surface area contributed by atoms with Crippen molar-refractivity contribution in [3.8, 4) is 0 Å². The zero-order valence-corrected chi connectivity index (χ0v) is 14.5. The zero-order valence-electron chi connectivity index (χ0n) is 11.4. The van der Waals surface area contributed by atoms with Crippen molar-refractivity contribution >= 4 is 41.3 Å². The summed E-state index contributed by atoms with van der Waals surface area (Å²) in [6.45, 7) is 3.35. The lowest BCUT2D eigenvalue weighted by molar-refractivity contribution is 0.851. The Labute approximate surface area is 140 Å². The van der Waals surface area contributed by atoms with Crippen LogP contribution in [0.3, 0.4) is 0 Å². The van der Waals surface area contributed by atoms with Crippen molar-refractivity contribution in [3.63, 3.8) is 0 Å². The van der Waals surface area contributed by atoms with E-state index in [2.05, 4.69) is 32.8 Å². The fourth-order valence-electron chi connectivity index (χ4n) is 1.67. The first-order chi connectivity index (χ1) is 9.25. The lowest BCUT2D eigenvalue weighted by Crippen LogP contribution is -2.33. The molecule has 2 aromatic heterocycles. The third-order valence-corrected chi connectivity index (χ3v) is 3.71. The van der Waals surface area contributed by atoms with E-state index in [0.29, 0.717) is 12.5 Å². The smallest absolute Gasteiger partial charge is 0.188 e. The Morgan fingerprint density at radius 3 is 2.95 bits per heavy atom. The summed E-state index contributed by atoms with van der Waals surface area (Å²) >= 11 is 1.76. The minimum Gasteiger partial charge on any atom is -0.370 e. The Hall–Kier alpha value is -1.15. The molecule has 2 heterocycles. The average molecular weight is 402 g/mol. The van der Waals surface area contributed by atoms with Crippen LogP contribution in [0.4, 0.5) is 0 Å². The van der Waals surface area contributed by atoms with Gasteiger partial charge in [0.15, 0.2) is 5.96 Å². The summed E-state index contributed by atoms with van der Waals surface area (Å²) in [5, 5.41) is 5.20. The number of halogens is 1. The number of guanidine groups is 1. The maximum absolute atomic E-state index is 5.83. The first-order valence-corrected chi connectivity index (χ1v) is 7.10. The number of hydrogen-bond donors (Lipinski definition) is 2. The molecular formula is C14H19IN4S. The van der Waals surface area contributed by atoms with E-state index in [0.717, 1.165) is 24.2 Å². The van der Waals surface area contributed by atoms with Gasteiger partial charge >= 0.3 is 0 Å². The van der Waals surface area contributed by atoms with Crippen LogP contribution in [0, 0.1) is 6.92 Å². The highest BCUT2D eigenvalue weighted by atomic mass is 127. The summed E-state index contributed by atoms with van der Waals surface area (Å²) in [4.78, 5) is 9.93. The normalized spacial score (nSPS) is 10.9. The Bertz CT molecular complexity index is 540. The van der Waals surface area contributed by atoms with Crippen molar-refractivity contribution in [3.05, 3.63) is 52.0 Å². The topological polar surface area (TPSA) is 63.3 Å². The Morgan fingerprint density at radius 1 is 1.40 bits per heavy atom. The van der Waals surface area contributed by atoms with E-state index in [1.807, 2.05) is 19.1 Å². The molecule has 0 radical (unpaired) electrons. The predicted molar refractivity (Wildman–Crippen MR) is 95.7 cm³/mol. The van der Waals surface area contributed by atoms with Crippen molar-refractivity contribution < 1.29 is 0 Å². The number of rotatable bonds is 5. The predicted octanol–water partition coefficient (Wildman–Crippen LogP) is 2.72. The molecule has 0 spiro atoms. The molecule has 2 rings (SSSR count). The highest BCUT2D eigenvalue weighted by molar-refractivity contribution is 14.0. The highest BCUT2D eigenvalue weighted by Gasteiger charge is 1.98. The summed E-state index contributed by atoms with van der Waals surface area (Å²) in [6.07, 6.45) is 2.74. The summed E-state index contributed by atoms with van der Waals surface area (Å²) in [5.41, 5.74) is 7.93. The van der Waals surface area contributed by atoms with Gasteiger partial charge in [0.05, 0.1) is 12.2 Å². The van der Waals surface area contributed by atoms with Gasteiger partial charge in [-0.25, -0.2) is 4.99 Å². The first-order valence-electron chi connectivity index (χ1n) is 6.22. The first kappa shape index (κ1) is 16.9. The van der Waals surface area contributed by atoms with Crippen molar-refractivity contribution in [2.45, 2.75) is 19.9 Å². The molecular weight excluding hydrogens is 383 g/mol. The molecule has 0 aliphatic heterocycles. The molecule has 6 heteroatoms. The molecule has 0 fully saturated rings. The Kier molecular flexibility index (Phi) is 7.53. The van der Waals surface area contributed by atoms with Crippen LogP contribution in [0.5, 0.6) is 0 Å². The van der Waals surface area contributed by atoms with Gasteiger partial charge in [0.25, 0.3) is 0 Å². The number of pyridine rings is 1. The third-order valence-electron chi connectivity index (χ3n) is 2.77. The lowest BCUT2D eigenvalue weighted by Gasteiger charge is -2.05. The molecule has 0 saturated carbocycles.